The summed E-state index contributed by atoms with van der Waals surface area (Å²) in [6.07, 6.45) is 3.19. The van der Waals surface area contributed by atoms with Crippen LogP contribution in [0.15, 0.2) is 69.9 Å². The Hall–Kier alpha value is -3.14. The summed E-state index contributed by atoms with van der Waals surface area (Å²) in [7, 11) is 0. The van der Waals surface area contributed by atoms with E-state index >= 15 is 0 Å². The van der Waals surface area contributed by atoms with Gasteiger partial charge in [-0.3, -0.25) is 4.79 Å². The highest BCUT2D eigenvalue weighted by atomic mass is 16.4. The Morgan fingerprint density at radius 1 is 1.04 bits per heavy atom. The van der Waals surface area contributed by atoms with E-state index in [0.717, 1.165) is 29.7 Å². The van der Waals surface area contributed by atoms with Crippen LogP contribution in [0.3, 0.4) is 0 Å². The van der Waals surface area contributed by atoms with Crippen LogP contribution in [-0.2, 0) is 0 Å². The summed E-state index contributed by atoms with van der Waals surface area (Å²) in [5.41, 5.74) is 1.90. The smallest absolute Gasteiger partial charge is 0.347 e. The molecule has 132 valence electrons. The number of para-hydroxylation sites is 2. The minimum Gasteiger partial charge on any atom is -0.422 e. The largest absolute Gasteiger partial charge is 0.422 e. The zero-order valence-corrected chi connectivity index (χ0v) is 14.9. The third kappa shape index (κ3) is 3.59. The van der Waals surface area contributed by atoms with Crippen molar-refractivity contribution in [3.05, 3.63) is 82.2 Å². The van der Waals surface area contributed by atoms with E-state index in [9.17, 15) is 9.59 Å². The number of anilines is 1. The van der Waals surface area contributed by atoms with Crippen molar-refractivity contribution in [1.29, 1.82) is 0 Å². The van der Waals surface area contributed by atoms with E-state index in [1.165, 1.54) is 6.08 Å². The van der Waals surface area contributed by atoms with E-state index in [1.54, 1.807) is 24.3 Å². The van der Waals surface area contributed by atoms with Crippen molar-refractivity contribution in [2.45, 2.75) is 13.8 Å². The van der Waals surface area contributed by atoms with Crippen molar-refractivity contribution in [2.24, 2.45) is 0 Å². The van der Waals surface area contributed by atoms with Gasteiger partial charge in [-0.05, 0) is 49.8 Å². The molecule has 2 aromatic carbocycles. The molecule has 0 aliphatic rings. The van der Waals surface area contributed by atoms with Crippen molar-refractivity contribution in [3.63, 3.8) is 0 Å². The first-order chi connectivity index (χ1) is 12.6. The van der Waals surface area contributed by atoms with Gasteiger partial charge in [-0.1, -0.05) is 36.4 Å². The molecule has 0 bridgehead atoms. The van der Waals surface area contributed by atoms with Gasteiger partial charge >= 0.3 is 5.63 Å². The molecule has 1 heterocycles. The number of benzene rings is 2. The molecule has 3 aromatic rings. The molecule has 0 saturated heterocycles. The zero-order chi connectivity index (χ0) is 18.5. The molecular formula is C22H21NO3. The Morgan fingerprint density at radius 3 is 2.50 bits per heavy atom. The van der Waals surface area contributed by atoms with Crippen molar-refractivity contribution < 1.29 is 9.21 Å². The molecular weight excluding hydrogens is 326 g/mol. The fourth-order valence-electron chi connectivity index (χ4n) is 2.97. The van der Waals surface area contributed by atoms with E-state index in [-0.39, 0.29) is 11.3 Å². The van der Waals surface area contributed by atoms with Crippen molar-refractivity contribution in [2.75, 3.05) is 18.0 Å². The number of ketones is 1. The summed E-state index contributed by atoms with van der Waals surface area (Å²) in [4.78, 5) is 26.9. The van der Waals surface area contributed by atoms with E-state index in [4.69, 9.17) is 4.42 Å². The van der Waals surface area contributed by atoms with Crippen LogP contribution < -0.4 is 10.5 Å². The van der Waals surface area contributed by atoms with Gasteiger partial charge in [-0.2, -0.15) is 0 Å². The maximum Gasteiger partial charge on any atom is 0.347 e. The Bertz CT molecular complexity index is 1010. The van der Waals surface area contributed by atoms with Crippen LogP contribution in [0.5, 0.6) is 0 Å². The lowest BCUT2D eigenvalue weighted by molar-refractivity contribution is 0.104. The van der Waals surface area contributed by atoms with Crippen LogP contribution >= 0.6 is 0 Å². The molecule has 0 unspecified atom stereocenters. The first-order valence-electron chi connectivity index (χ1n) is 8.73. The number of fused-ring (bicyclic) bond motifs is 1. The van der Waals surface area contributed by atoms with Crippen molar-refractivity contribution in [1.82, 2.24) is 0 Å². The molecule has 4 heteroatoms. The minimum atomic E-state index is -0.615. The highest BCUT2D eigenvalue weighted by molar-refractivity contribution is 6.08. The summed E-state index contributed by atoms with van der Waals surface area (Å²) in [6.45, 7) is 5.94. The lowest BCUT2D eigenvalue weighted by Gasteiger charge is -2.23. The zero-order valence-electron chi connectivity index (χ0n) is 14.9. The second kappa shape index (κ2) is 7.83. The van der Waals surface area contributed by atoms with Crippen LogP contribution in [0.2, 0.25) is 0 Å². The molecule has 4 nitrogen and oxygen atoms in total. The third-order valence-corrected chi connectivity index (χ3v) is 4.36. The number of carbonyl (C=O) groups excluding carboxylic acids is 1. The predicted octanol–water partition coefficient (Wildman–Crippen LogP) is 4.54. The molecule has 0 amide bonds. The maximum atomic E-state index is 12.5. The van der Waals surface area contributed by atoms with Gasteiger partial charge in [0, 0.05) is 24.2 Å². The molecule has 0 aliphatic heterocycles. The standard InChI is InChI=1S/C22H21NO3/c1-3-23(4-2)19-11-7-5-9-16(19)13-14-20(24)18-15-17-10-6-8-12-21(17)26-22(18)25/h5-15H,3-4H2,1-2H3. The van der Waals surface area contributed by atoms with E-state index in [2.05, 4.69) is 18.7 Å². The fraction of sp³-hybridized carbons (Fsp3) is 0.182. The average Bonchev–Trinajstić information content (AvgIpc) is 2.67. The molecule has 0 saturated carbocycles. The van der Waals surface area contributed by atoms with Crippen molar-refractivity contribution in [3.8, 4) is 0 Å². The van der Waals surface area contributed by atoms with Gasteiger partial charge < -0.3 is 9.32 Å². The summed E-state index contributed by atoms with van der Waals surface area (Å²) in [6, 6.07) is 16.6. The molecule has 0 fully saturated rings. The number of carbonyl (C=O) groups is 1. The van der Waals surface area contributed by atoms with E-state index in [0.29, 0.717) is 5.58 Å². The van der Waals surface area contributed by atoms with Gasteiger partial charge in [-0.15, -0.1) is 0 Å². The second-order valence-electron chi connectivity index (χ2n) is 5.91. The third-order valence-electron chi connectivity index (χ3n) is 4.36. The second-order valence-corrected chi connectivity index (χ2v) is 5.91. The lowest BCUT2D eigenvalue weighted by Crippen LogP contribution is -2.22. The molecule has 0 spiro atoms. The SMILES string of the molecule is CCN(CC)c1ccccc1C=CC(=O)c1cc2ccccc2oc1=O. The van der Waals surface area contributed by atoms with E-state index < -0.39 is 5.63 Å². The molecule has 26 heavy (non-hydrogen) atoms. The highest BCUT2D eigenvalue weighted by Gasteiger charge is 2.12. The summed E-state index contributed by atoms with van der Waals surface area (Å²) in [5.74, 6) is -0.362. The Morgan fingerprint density at radius 2 is 1.73 bits per heavy atom. The summed E-state index contributed by atoms with van der Waals surface area (Å²) < 4.78 is 5.24. The monoisotopic (exact) mass is 347 g/mol. The highest BCUT2D eigenvalue weighted by Crippen LogP contribution is 2.22. The number of hydrogen-bond acceptors (Lipinski definition) is 4. The molecule has 0 radical (unpaired) electrons. The molecule has 0 N–H and O–H groups in total. The number of hydrogen-bond donors (Lipinski definition) is 0. The van der Waals surface area contributed by atoms with Crippen LogP contribution in [0.4, 0.5) is 5.69 Å². The molecule has 0 aliphatic carbocycles. The van der Waals surface area contributed by atoms with Gasteiger partial charge in [0.15, 0.2) is 5.78 Å². The number of allylic oxidation sites excluding steroid dienone is 1. The first-order valence-corrected chi connectivity index (χ1v) is 8.73. The minimum absolute atomic E-state index is 0.0419. The molecule has 0 atom stereocenters. The van der Waals surface area contributed by atoms with Gasteiger partial charge in [-0.25, -0.2) is 4.79 Å². The van der Waals surface area contributed by atoms with Crippen LogP contribution in [0.25, 0.3) is 17.0 Å². The Labute approximate surface area is 152 Å². The normalized spacial score (nSPS) is 11.2. The van der Waals surface area contributed by atoms with Gasteiger partial charge in [0.2, 0.25) is 0 Å². The predicted molar refractivity (Wildman–Crippen MR) is 106 cm³/mol. The van der Waals surface area contributed by atoms with Gasteiger partial charge in [0.25, 0.3) is 0 Å². The number of rotatable bonds is 6. The molecule has 1 aromatic heterocycles. The Kier molecular flexibility index (Phi) is 5.32. The van der Waals surface area contributed by atoms with Crippen LogP contribution in [0, 0.1) is 0 Å². The Balaban J connectivity index is 1.94. The topological polar surface area (TPSA) is 50.5 Å². The van der Waals surface area contributed by atoms with Crippen LogP contribution in [-0.4, -0.2) is 18.9 Å². The first kappa shape index (κ1) is 17.7. The summed E-state index contributed by atoms with van der Waals surface area (Å²) in [5, 5.41) is 0.729. The quantitative estimate of drug-likeness (QED) is 0.373. The maximum absolute atomic E-state index is 12.5. The number of nitrogens with zero attached hydrogens (tertiary/aromatic N) is 1. The molecule has 3 rings (SSSR count). The summed E-state index contributed by atoms with van der Waals surface area (Å²) >= 11 is 0. The fourth-order valence-corrected chi connectivity index (χ4v) is 2.97. The van der Waals surface area contributed by atoms with Crippen molar-refractivity contribution >= 4 is 28.5 Å². The van der Waals surface area contributed by atoms with Gasteiger partial charge in [0.05, 0.1) is 0 Å². The average molecular weight is 347 g/mol. The lowest BCUT2D eigenvalue weighted by atomic mass is 10.1. The van der Waals surface area contributed by atoms with Crippen LogP contribution in [0.1, 0.15) is 29.8 Å². The van der Waals surface area contributed by atoms with Gasteiger partial charge in [0.1, 0.15) is 11.1 Å². The van der Waals surface area contributed by atoms with E-state index in [1.807, 2.05) is 36.4 Å².